The lowest BCUT2D eigenvalue weighted by molar-refractivity contribution is -0.143. The molecule has 8 atom stereocenters. The first-order valence-corrected chi connectivity index (χ1v) is 32.8. The molecule has 1 aliphatic heterocycles. The van der Waals surface area contributed by atoms with Gasteiger partial charge >= 0.3 is 6.03 Å². The number of nitrogens with two attached hydrogens (primary N) is 3. The first kappa shape index (κ1) is 70.6. The molecule has 3 aromatic heterocycles. The smallest absolute Gasteiger partial charge is 0.312 e. The van der Waals surface area contributed by atoms with Crippen LogP contribution in [0.15, 0.2) is 140 Å². The van der Waals surface area contributed by atoms with Gasteiger partial charge in [0, 0.05) is 106 Å². The lowest BCUT2D eigenvalue weighted by Crippen LogP contribution is -2.61. The van der Waals surface area contributed by atoms with Gasteiger partial charge in [-0.25, -0.2) is 9.78 Å². The van der Waals surface area contributed by atoms with Crippen LogP contribution in [0.1, 0.15) is 67.3 Å². The minimum Gasteiger partial charge on any atom is -0.384 e. The molecule has 0 spiro atoms. The fourth-order valence-corrected chi connectivity index (χ4v) is 12.6. The minimum atomic E-state index is -1.43. The molecule has 14 N–H and O–H groups in total. The Labute approximate surface area is 555 Å². The quantitative estimate of drug-likeness (QED) is 0.0551. The molecule has 11 amide bonds. The molecule has 25 nitrogen and oxygen atoms in total. The lowest BCUT2D eigenvalue weighted by atomic mass is 9.98. The maximum atomic E-state index is 15.8. The van der Waals surface area contributed by atoms with Crippen molar-refractivity contribution in [1.29, 1.82) is 0 Å². The molecule has 502 valence electrons. The summed E-state index contributed by atoms with van der Waals surface area (Å²) in [6.07, 6.45) is 5.13. The zero-order valence-corrected chi connectivity index (χ0v) is 54.8. The molecular weight excluding hydrogens is 1230 g/mol. The summed E-state index contributed by atoms with van der Waals surface area (Å²) in [6.45, 7) is 3.79. The van der Waals surface area contributed by atoms with E-state index in [0.717, 1.165) is 33.6 Å². The van der Waals surface area contributed by atoms with Crippen LogP contribution in [-0.4, -0.2) is 152 Å². The number of para-hydroxylation sites is 2. The van der Waals surface area contributed by atoms with Gasteiger partial charge in [-0.15, -0.1) is 11.8 Å². The van der Waals surface area contributed by atoms with Crippen LogP contribution in [0, 0.1) is 5.92 Å². The van der Waals surface area contributed by atoms with Crippen molar-refractivity contribution in [2.75, 3.05) is 30.8 Å². The number of nitrogen functional groups attached to an aromatic ring is 1. The number of pyridine rings is 1. The fraction of sp³-hybridized carbons (Fsp3) is 0.377. The number of rotatable bonds is 18. The summed E-state index contributed by atoms with van der Waals surface area (Å²) in [5, 5.41) is 24.0. The Morgan fingerprint density at radius 2 is 1.04 bits per heavy atom. The molecular formula is C69H85N15O10S. The van der Waals surface area contributed by atoms with E-state index in [1.807, 2.05) is 98.0 Å². The van der Waals surface area contributed by atoms with E-state index in [1.165, 1.54) is 24.2 Å². The highest BCUT2D eigenvalue weighted by Gasteiger charge is 2.38. The number of unbranched alkanes of at least 4 members (excludes halogenated alkanes) is 1. The molecule has 0 saturated carbocycles. The molecule has 1 saturated heterocycles. The molecule has 95 heavy (non-hydrogen) atoms. The summed E-state index contributed by atoms with van der Waals surface area (Å²) in [4.78, 5) is 151. The molecule has 8 rings (SSSR count). The molecule has 1 fully saturated rings. The maximum Gasteiger partial charge on any atom is 0.312 e. The zero-order chi connectivity index (χ0) is 68.3. The van der Waals surface area contributed by atoms with Crippen LogP contribution in [0.5, 0.6) is 0 Å². The van der Waals surface area contributed by atoms with Gasteiger partial charge in [0.2, 0.25) is 53.2 Å². The van der Waals surface area contributed by atoms with Crippen LogP contribution in [0.25, 0.3) is 21.8 Å². The number of carbonyl (C=O) groups excluding carboxylic acids is 10. The number of aryl methyl sites for hydroxylation is 2. The highest BCUT2D eigenvalue weighted by molar-refractivity contribution is 8.00. The first-order valence-electron chi connectivity index (χ1n) is 31.6. The van der Waals surface area contributed by atoms with E-state index >= 15 is 19.2 Å². The van der Waals surface area contributed by atoms with E-state index in [1.54, 1.807) is 66.7 Å². The number of thioether (sulfide) groups is 1. The zero-order valence-electron chi connectivity index (χ0n) is 54.0. The van der Waals surface area contributed by atoms with Crippen molar-refractivity contribution in [2.45, 2.75) is 120 Å². The number of nitrogens with zero attached hydrogens (tertiary/aromatic N) is 4. The Bertz CT molecular complexity index is 3880. The van der Waals surface area contributed by atoms with Gasteiger partial charge in [-0.2, -0.15) is 0 Å². The van der Waals surface area contributed by atoms with Gasteiger partial charge in [0.25, 0.3) is 0 Å². The number of aromatic nitrogens is 3. The molecule has 0 bridgehead atoms. The van der Waals surface area contributed by atoms with Crippen molar-refractivity contribution in [2.24, 2.45) is 31.5 Å². The number of hydrogen-bond acceptors (Lipinski definition) is 13. The largest absolute Gasteiger partial charge is 0.384 e. The Hall–Kier alpha value is -10.2. The number of nitrogens with one attached hydrogen (secondary N) is 8. The summed E-state index contributed by atoms with van der Waals surface area (Å²) < 4.78 is 3.76. The van der Waals surface area contributed by atoms with E-state index in [0.29, 0.717) is 34.2 Å². The summed E-state index contributed by atoms with van der Waals surface area (Å²) in [6, 6.07) is 24.0. The average molecular weight is 1320 g/mol. The average Bonchev–Trinajstić information content (AvgIpc) is 1.75. The van der Waals surface area contributed by atoms with Crippen molar-refractivity contribution >= 4 is 98.6 Å². The third-order valence-corrected chi connectivity index (χ3v) is 17.7. The van der Waals surface area contributed by atoms with Crippen molar-refractivity contribution in [3.8, 4) is 0 Å². The molecule has 7 aromatic rings. The highest BCUT2D eigenvalue weighted by Crippen LogP contribution is 2.25. The minimum absolute atomic E-state index is 0.0414. The summed E-state index contributed by atoms with van der Waals surface area (Å²) in [5.74, 6) is -7.74. The van der Waals surface area contributed by atoms with Gasteiger partial charge in [-0.3, -0.25) is 43.2 Å². The van der Waals surface area contributed by atoms with Crippen LogP contribution in [0.4, 0.5) is 10.6 Å². The fourth-order valence-electron chi connectivity index (χ4n) is 11.8. The number of likely N-dealkylation sites (N-methyl/N-ethyl adjacent to an activating group) is 1. The van der Waals surface area contributed by atoms with E-state index < -0.39 is 108 Å². The number of urea groups is 1. The van der Waals surface area contributed by atoms with Crippen LogP contribution in [0.3, 0.4) is 0 Å². The van der Waals surface area contributed by atoms with E-state index in [-0.39, 0.29) is 81.2 Å². The predicted molar refractivity (Wildman–Crippen MR) is 363 cm³/mol. The van der Waals surface area contributed by atoms with Crippen LogP contribution in [-0.2, 0) is 89.4 Å². The van der Waals surface area contributed by atoms with Crippen molar-refractivity contribution in [1.82, 2.24) is 61.6 Å². The molecule has 1 aliphatic rings. The van der Waals surface area contributed by atoms with E-state index in [2.05, 4.69) is 47.5 Å². The van der Waals surface area contributed by atoms with Crippen molar-refractivity contribution in [3.05, 3.63) is 168 Å². The van der Waals surface area contributed by atoms with Crippen LogP contribution < -0.4 is 59.7 Å². The number of anilines is 1. The Balaban J connectivity index is 1.23. The van der Waals surface area contributed by atoms with Gasteiger partial charge < -0.3 is 73.8 Å². The SMILES string of the molecule is CC(C)C[C@@H]1NC(=O)[C@H](Cc2ccnc(N)c2)NC(=O)[C@H](Cc2ccccc2)NC(=O)CSC[C@@H](C(N)=O)NC(=O)[C@H](Cc2cn(C)c3ccccc23)NC(=O)[C@H](Cc2ccccc2)N(C)C(=O)[C@H](Cc2cn(C)c3ccccc23)NC(=O)[C@H](CCCCNC(N)=O)NC1=O. The number of hydrogen-bond donors (Lipinski definition) is 11. The third-order valence-electron chi connectivity index (χ3n) is 16.7. The highest BCUT2D eigenvalue weighted by atomic mass is 32.2. The van der Waals surface area contributed by atoms with Crippen LogP contribution >= 0.6 is 11.8 Å². The monoisotopic (exact) mass is 1320 g/mol. The molecule has 4 aromatic carbocycles. The molecule has 0 unspecified atom stereocenters. The van der Waals surface area contributed by atoms with Crippen LogP contribution in [0.2, 0.25) is 0 Å². The van der Waals surface area contributed by atoms with Gasteiger partial charge in [0.05, 0.1) is 5.75 Å². The molecule has 26 heteroatoms. The van der Waals surface area contributed by atoms with Gasteiger partial charge in [-0.1, -0.05) is 111 Å². The second-order valence-electron chi connectivity index (χ2n) is 24.4. The summed E-state index contributed by atoms with van der Waals surface area (Å²) in [7, 11) is 5.11. The van der Waals surface area contributed by atoms with Crippen molar-refractivity contribution < 1.29 is 47.9 Å². The molecule has 4 heterocycles. The Kier molecular flexibility index (Phi) is 24.9. The number of amides is 11. The normalized spacial score (nSPS) is 21.2. The Morgan fingerprint density at radius 3 is 1.63 bits per heavy atom. The van der Waals surface area contributed by atoms with Gasteiger partial charge in [-0.05, 0) is 83.7 Å². The second kappa shape index (κ2) is 33.6. The van der Waals surface area contributed by atoms with Gasteiger partial charge in [0.15, 0.2) is 0 Å². The lowest BCUT2D eigenvalue weighted by Gasteiger charge is -2.33. The Morgan fingerprint density at radius 1 is 0.558 bits per heavy atom. The number of fused-ring (bicyclic) bond motifs is 2. The van der Waals surface area contributed by atoms with Gasteiger partial charge in [0.1, 0.15) is 54.2 Å². The second-order valence-corrected chi connectivity index (χ2v) is 25.5. The third kappa shape index (κ3) is 19.9. The maximum absolute atomic E-state index is 15.8. The summed E-state index contributed by atoms with van der Waals surface area (Å²) in [5.41, 5.74) is 22.2. The van der Waals surface area contributed by atoms with Crippen molar-refractivity contribution in [3.63, 3.8) is 0 Å². The topological polar surface area (TPSA) is 371 Å². The first-order chi connectivity index (χ1) is 45.5. The molecule has 0 aliphatic carbocycles. The number of primary amides is 2. The number of carbonyl (C=O) groups is 10. The van der Waals surface area contributed by atoms with E-state index in [9.17, 15) is 28.8 Å². The predicted octanol–water partition coefficient (Wildman–Crippen LogP) is 2.50. The summed E-state index contributed by atoms with van der Waals surface area (Å²) >= 11 is 0.941. The molecule has 0 radical (unpaired) electrons. The van der Waals surface area contributed by atoms with E-state index in [4.69, 9.17) is 17.2 Å². The standard InChI is InChI=1S/C69H85N15O10S/c1-41(2)30-50-63(88)76-49(24-16-17-28-74-69(72)94)62(87)80-54(36-46-38-83(4)57-26-15-13-23-48(46)57)68(93)84(5)58(33-43-20-10-7-11-21-43)67(92)79-53(35-45-37-82(3)56-25-14-12-22-47(45)56)66(91)81-55(61(71)86)39-95-40-60(85)75-51(31-42-18-8-6-9-19-42)64(89)78-52(65(90)77-50)32-44-27-29-73-59(70)34-44/h6-15,18-23,25-27,29,34,37-38,41,49-55,58H,16-17,24,28,30-33,35-36,39-40H2,1-5H3,(H2,70,73)(H2,71,86)(H,75,85)(H,76,88)(H,77,90)(H,78,89)(H,79,92)(H,80,87)(H,81,91)(H3,72,74,94)/t49-,50-,51-,52-,53-,54-,55-,58-/m0/s1. The number of benzene rings is 4.